The Labute approximate surface area is 176 Å². The molecule has 0 amide bonds. The zero-order chi connectivity index (χ0) is 22.4. The molecule has 31 heavy (non-hydrogen) atoms. The smallest absolute Gasteiger partial charge is 0.323 e. The van der Waals surface area contributed by atoms with Crippen LogP contribution in [0.1, 0.15) is 23.2 Å². The molecule has 0 N–H and O–H groups in total. The molecule has 0 aromatic carbocycles. The van der Waals surface area contributed by atoms with Crippen LogP contribution in [0.4, 0.5) is 26.3 Å². The predicted octanol–water partition coefficient (Wildman–Crippen LogP) is 5.49. The fourth-order valence-corrected chi connectivity index (χ4v) is 3.69. The molecule has 0 aliphatic rings. The number of aromatic nitrogens is 5. The van der Waals surface area contributed by atoms with Gasteiger partial charge >= 0.3 is 12.4 Å². The van der Waals surface area contributed by atoms with Crippen molar-refractivity contribution in [2.24, 2.45) is 0 Å². The van der Waals surface area contributed by atoms with Crippen molar-refractivity contribution >= 4 is 28.3 Å². The van der Waals surface area contributed by atoms with Crippen molar-refractivity contribution in [3.05, 3.63) is 58.8 Å². The van der Waals surface area contributed by atoms with E-state index in [2.05, 4.69) is 15.1 Å². The normalized spacial score (nSPS) is 12.9. The Bertz CT molecular complexity index is 1240. The maximum absolute atomic E-state index is 13.2. The molecule has 0 aliphatic heterocycles. The first-order valence-electron chi connectivity index (χ1n) is 9.13. The first kappa shape index (κ1) is 21.4. The summed E-state index contributed by atoms with van der Waals surface area (Å²) in [4.78, 5) is 8.31. The number of alkyl halides is 6. The van der Waals surface area contributed by atoms with E-state index in [4.69, 9.17) is 11.6 Å². The zero-order valence-corrected chi connectivity index (χ0v) is 16.4. The van der Waals surface area contributed by atoms with Crippen molar-refractivity contribution in [2.45, 2.75) is 38.2 Å². The Morgan fingerprint density at radius 3 is 2.48 bits per heavy atom. The second-order valence-electron chi connectivity index (χ2n) is 7.00. The lowest BCUT2D eigenvalue weighted by atomic mass is 10.1. The molecule has 0 bridgehead atoms. The summed E-state index contributed by atoms with van der Waals surface area (Å²) in [5.41, 5.74) is 0.360. The first-order valence-corrected chi connectivity index (χ1v) is 9.50. The molecular formula is C19H14ClF6N5. The number of nitrogens with zero attached hydrogens (tertiary/aromatic N) is 5. The molecule has 0 saturated carbocycles. The van der Waals surface area contributed by atoms with E-state index >= 15 is 0 Å². The highest BCUT2D eigenvalue weighted by Gasteiger charge is 2.37. The topological polar surface area (TPSA) is 48.0 Å². The predicted molar refractivity (Wildman–Crippen MR) is 101 cm³/mol. The second-order valence-corrected chi connectivity index (χ2v) is 7.39. The largest absolute Gasteiger partial charge is 0.418 e. The van der Waals surface area contributed by atoms with Gasteiger partial charge in [0.25, 0.3) is 0 Å². The van der Waals surface area contributed by atoms with Crippen molar-refractivity contribution in [3.63, 3.8) is 0 Å². The lowest BCUT2D eigenvalue weighted by Crippen LogP contribution is -2.17. The molecule has 0 saturated heterocycles. The van der Waals surface area contributed by atoms with Crippen molar-refractivity contribution < 1.29 is 26.3 Å². The van der Waals surface area contributed by atoms with E-state index in [1.165, 1.54) is 16.6 Å². The van der Waals surface area contributed by atoms with Gasteiger partial charge < -0.3 is 4.57 Å². The van der Waals surface area contributed by atoms with Gasteiger partial charge in [0.2, 0.25) is 0 Å². The summed E-state index contributed by atoms with van der Waals surface area (Å²) in [7, 11) is 0. The molecule has 4 aromatic heterocycles. The van der Waals surface area contributed by atoms with Crippen LogP contribution in [0.2, 0.25) is 5.15 Å². The Morgan fingerprint density at radius 2 is 1.77 bits per heavy atom. The molecule has 0 fully saturated rings. The van der Waals surface area contributed by atoms with Crippen LogP contribution in [0, 0.1) is 0 Å². The van der Waals surface area contributed by atoms with E-state index in [-0.39, 0.29) is 16.2 Å². The number of hydrogen-bond donors (Lipinski definition) is 0. The maximum Gasteiger partial charge on any atom is 0.418 e. The summed E-state index contributed by atoms with van der Waals surface area (Å²) in [5, 5.41) is 4.00. The molecule has 0 atom stereocenters. The molecule has 4 heterocycles. The Kier molecular flexibility index (Phi) is 5.32. The van der Waals surface area contributed by atoms with Crippen LogP contribution in [0.25, 0.3) is 16.7 Å². The fourth-order valence-electron chi connectivity index (χ4n) is 3.47. The van der Waals surface area contributed by atoms with Crippen LogP contribution >= 0.6 is 11.6 Å². The van der Waals surface area contributed by atoms with Gasteiger partial charge in [0, 0.05) is 29.7 Å². The molecular weight excluding hydrogens is 448 g/mol. The van der Waals surface area contributed by atoms with E-state index in [9.17, 15) is 26.3 Å². The number of pyridine rings is 1. The molecule has 5 nitrogen and oxygen atoms in total. The molecule has 0 unspecified atom stereocenters. The third kappa shape index (κ3) is 4.60. The maximum atomic E-state index is 13.2. The highest BCUT2D eigenvalue weighted by molar-refractivity contribution is 6.29. The van der Waals surface area contributed by atoms with Crippen LogP contribution in [0.3, 0.4) is 0 Å². The van der Waals surface area contributed by atoms with Gasteiger partial charge in [-0.3, -0.25) is 0 Å². The number of fused-ring (bicyclic) bond motifs is 2. The summed E-state index contributed by atoms with van der Waals surface area (Å²) in [5.74, 6) is 0. The van der Waals surface area contributed by atoms with Crippen LogP contribution in [0.15, 0.2) is 36.8 Å². The average Bonchev–Trinajstić information content (AvgIpc) is 3.25. The van der Waals surface area contributed by atoms with Crippen LogP contribution in [0.5, 0.6) is 0 Å². The monoisotopic (exact) mass is 461 g/mol. The fraction of sp³-hybridized carbons (Fsp3) is 0.316. The van der Waals surface area contributed by atoms with Crippen LogP contribution in [-0.2, 0) is 25.6 Å². The van der Waals surface area contributed by atoms with Gasteiger partial charge in [-0.1, -0.05) is 11.6 Å². The number of hydrogen-bond acceptors (Lipinski definition) is 3. The molecule has 164 valence electrons. The van der Waals surface area contributed by atoms with E-state index in [0.29, 0.717) is 41.4 Å². The SMILES string of the molecule is FC(F)(F)Cn1cc(C(F)(F)F)c2ccc(CCCc3cc(Cl)nn4ccnc34)nc21. The highest BCUT2D eigenvalue weighted by atomic mass is 35.5. The number of imidazole rings is 1. The van der Waals surface area contributed by atoms with Crippen LogP contribution < -0.4 is 0 Å². The van der Waals surface area contributed by atoms with E-state index in [0.717, 1.165) is 5.56 Å². The Hall–Kier alpha value is -2.82. The molecule has 4 rings (SSSR count). The molecule has 0 aliphatic carbocycles. The van der Waals surface area contributed by atoms with Crippen molar-refractivity contribution in [1.29, 1.82) is 0 Å². The van der Waals surface area contributed by atoms with Gasteiger partial charge in [0.1, 0.15) is 17.3 Å². The summed E-state index contributed by atoms with van der Waals surface area (Å²) in [6.45, 7) is -1.55. The van der Waals surface area contributed by atoms with Gasteiger partial charge in [-0.15, -0.1) is 0 Å². The quantitative estimate of drug-likeness (QED) is 0.369. The Balaban J connectivity index is 1.59. The summed E-state index contributed by atoms with van der Waals surface area (Å²) >= 11 is 5.99. The van der Waals surface area contributed by atoms with E-state index in [1.54, 1.807) is 18.5 Å². The summed E-state index contributed by atoms with van der Waals surface area (Å²) < 4.78 is 80.3. The summed E-state index contributed by atoms with van der Waals surface area (Å²) in [6.07, 6.45) is -4.37. The van der Waals surface area contributed by atoms with Crippen molar-refractivity contribution in [1.82, 2.24) is 24.1 Å². The third-order valence-corrected chi connectivity index (χ3v) is 4.90. The molecule has 0 radical (unpaired) electrons. The lowest BCUT2D eigenvalue weighted by Gasteiger charge is -2.09. The molecule has 12 heteroatoms. The average molecular weight is 462 g/mol. The van der Waals surface area contributed by atoms with Gasteiger partial charge in [0.05, 0.1) is 5.56 Å². The molecule has 4 aromatic rings. The standard InChI is InChI=1S/C19H14ClF6N5/c20-15-8-11(16-27-6-7-31(16)29-15)2-1-3-12-4-5-13-14(19(24,25)26)9-30(17(13)28-12)10-18(21,22)23/h4-9H,1-3,10H2. The minimum Gasteiger partial charge on any atom is -0.323 e. The number of rotatable bonds is 5. The van der Waals surface area contributed by atoms with Gasteiger partial charge in [-0.05, 0) is 43.0 Å². The van der Waals surface area contributed by atoms with Gasteiger partial charge in [-0.2, -0.15) is 31.4 Å². The molecule has 0 spiro atoms. The Morgan fingerprint density at radius 1 is 1.00 bits per heavy atom. The minimum atomic E-state index is -4.78. The van der Waals surface area contributed by atoms with Crippen molar-refractivity contribution in [3.8, 4) is 0 Å². The minimum absolute atomic E-state index is 0.282. The first-order chi connectivity index (χ1) is 14.5. The zero-order valence-electron chi connectivity index (χ0n) is 15.7. The number of aryl methyl sites for hydroxylation is 2. The summed E-state index contributed by atoms with van der Waals surface area (Å²) in [6, 6.07) is 4.24. The van der Waals surface area contributed by atoms with E-state index < -0.39 is 24.5 Å². The second kappa shape index (κ2) is 7.70. The van der Waals surface area contributed by atoms with Crippen molar-refractivity contribution in [2.75, 3.05) is 0 Å². The third-order valence-electron chi connectivity index (χ3n) is 4.72. The number of halogens is 7. The highest BCUT2D eigenvalue weighted by Crippen LogP contribution is 2.36. The van der Waals surface area contributed by atoms with Gasteiger partial charge in [-0.25, -0.2) is 14.5 Å². The van der Waals surface area contributed by atoms with E-state index in [1.807, 2.05) is 0 Å². The van der Waals surface area contributed by atoms with Gasteiger partial charge in [0.15, 0.2) is 5.65 Å². The van der Waals surface area contributed by atoms with Crippen LogP contribution in [-0.4, -0.2) is 30.3 Å². The lowest BCUT2D eigenvalue weighted by molar-refractivity contribution is -0.143.